The molecule has 2 aromatic rings. The lowest BCUT2D eigenvalue weighted by molar-refractivity contribution is -0.112. The van der Waals surface area contributed by atoms with E-state index < -0.39 is 11.6 Å². The number of para-hydroxylation sites is 1. The summed E-state index contributed by atoms with van der Waals surface area (Å²) in [5, 5.41) is 0. The molecule has 106 valence electrons. The number of fused-ring (bicyclic) bond motifs is 1. The van der Waals surface area contributed by atoms with Gasteiger partial charge >= 0.3 is 0 Å². The molecule has 0 N–H and O–H groups in total. The number of benzene rings is 2. The van der Waals surface area contributed by atoms with Crippen LogP contribution < -0.4 is 4.90 Å². The Bertz CT molecular complexity index is 756. The van der Waals surface area contributed by atoms with Crippen LogP contribution in [0.5, 0.6) is 0 Å². The van der Waals surface area contributed by atoms with Gasteiger partial charge in [-0.3, -0.25) is 4.79 Å². The van der Waals surface area contributed by atoms with E-state index in [2.05, 4.69) is 4.99 Å². The smallest absolute Gasteiger partial charge is 0.277 e. The van der Waals surface area contributed by atoms with Gasteiger partial charge in [-0.15, -0.1) is 0 Å². The monoisotopic (exact) mass is 286 g/mol. The minimum Gasteiger partial charge on any atom is -0.307 e. The van der Waals surface area contributed by atoms with Crippen LogP contribution in [0.1, 0.15) is 12.5 Å². The van der Waals surface area contributed by atoms with Gasteiger partial charge in [-0.05, 0) is 25.1 Å². The van der Waals surface area contributed by atoms with Crippen LogP contribution in [-0.4, -0.2) is 18.2 Å². The van der Waals surface area contributed by atoms with Crippen LogP contribution in [0.2, 0.25) is 0 Å². The average Bonchev–Trinajstić information content (AvgIpc) is 2.75. The minimum atomic E-state index is -0.983. The van der Waals surface area contributed by atoms with Gasteiger partial charge in [0.05, 0.1) is 11.4 Å². The summed E-state index contributed by atoms with van der Waals surface area (Å²) in [6, 6.07) is 10.6. The summed E-state index contributed by atoms with van der Waals surface area (Å²) in [4.78, 5) is 18.2. The maximum absolute atomic E-state index is 13.2. The number of carbonyl (C=O) groups is 1. The third-order valence-electron chi connectivity index (χ3n) is 3.36. The predicted octanol–water partition coefficient (Wildman–Crippen LogP) is 3.45. The predicted molar refractivity (Wildman–Crippen MR) is 77.0 cm³/mol. The normalized spacial score (nSPS) is 15.7. The first-order chi connectivity index (χ1) is 10.1. The zero-order valence-corrected chi connectivity index (χ0v) is 11.3. The molecule has 0 unspecified atom stereocenters. The molecule has 3 nitrogen and oxygen atoms in total. The molecule has 3 rings (SSSR count). The molecule has 0 radical (unpaired) electrons. The van der Waals surface area contributed by atoms with Gasteiger partial charge in [0.25, 0.3) is 5.91 Å². The number of likely N-dealkylation sites (N-methyl/N-ethyl adjacent to an activating group) is 1. The van der Waals surface area contributed by atoms with Crippen LogP contribution in [0.15, 0.2) is 47.5 Å². The van der Waals surface area contributed by atoms with Gasteiger partial charge in [0.15, 0.2) is 11.6 Å². The fourth-order valence-corrected chi connectivity index (χ4v) is 2.37. The lowest BCUT2D eigenvalue weighted by Gasteiger charge is -2.12. The van der Waals surface area contributed by atoms with Crippen LogP contribution in [0.4, 0.5) is 20.2 Å². The molecule has 5 heteroatoms. The quantitative estimate of drug-likeness (QED) is 0.832. The summed E-state index contributed by atoms with van der Waals surface area (Å²) in [7, 11) is 0. The minimum absolute atomic E-state index is 0.213. The van der Waals surface area contributed by atoms with Crippen molar-refractivity contribution in [3.05, 3.63) is 59.7 Å². The van der Waals surface area contributed by atoms with Crippen LogP contribution >= 0.6 is 0 Å². The van der Waals surface area contributed by atoms with Crippen LogP contribution in [0.25, 0.3) is 0 Å². The largest absolute Gasteiger partial charge is 0.307 e. The fraction of sp³-hybridized carbons (Fsp3) is 0.125. The van der Waals surface area contributed by atoms with Crippen molar-refractivity contribution in [3.8, 4) is 0 Å². The molecule has 0 spiro atoms. The van der Waals surface area contributed by atoms with Crippen molar-refractivity contribution < 1.29 is 13.6 Å². The summed E-state index contributed by atoms with van der Waals surface area (Å²) in [5.74, 6) is -2.15. The summed E-state index contributed by atoms with van der Waals surface area (Å²) >= 11 is 0. The molecular weight excluding hydrogens is 274 g/mol. The third-order valence-corrected chi connectivity index (χ3v) is 3.36. The van der Waals surface area contributed by atoms with Crippen molar-refractivity contribution >= 4 is 23.0 Å². The Morgan fingerprint density at radius 3 is 2.57 bits per heavy atom. The topological polar surface area (TPSA) is 32.7 Å². The maximum Gasteiger partial charge on any atom is 0.277 e. The molecule has 0 fully saturated rings. The second-order valence-corrected chi connectivity index (χ2v) is 4.63. The Labute approximate surface area is 120 Å². The Hall–Kier alpha value is -2.56. The zero-order valence-electron chi connectivity index (χ0n) is 11.3. The number of nitrogens with zero attached hydrogens (tertiary/aromatic N) is 2. The van der Waals surface area contributed by atoms with Crippen molar-refractivity contribution in [2.45, 2.75) is 6.92 Å². The molecule has 0 aliphatic carbocycles. The average molecular weight is 286 g/mol. The second kappa shape index (κ2) is 5.09. The zero-order chi connectivity index (χ0) is 15.0. The van der Waals surface area contributed by atoms with Crippen molar-refractivity contribution in [2.24, 2.45) is 4.99 Å². The lowest BCUT2D eigenvalue weighted by Crippen LogP contribution is -2.29. The highest BCUT2D eigenvalue weighted by molar-refractivity contribution is 6.54. The Morgan fingerprint density at radius 1 is 1.10 bits per heavy atom. The molecule has 0 atom stereocenters. The highest BCUT2D eigenvalue weighted by Crippen LogP contribution is 2.30. The van der Waals surface area contributed by atoms with Gasteiger partial charge in [-0.25, -0.2) is 13.8 Å². The number of halogens is 2. The number of hydrogen-bond donors (Lipinski definition) is 0. The highest BCUT2D eigenvalue weighted by Gasteiger charge is 2.32. The fourth-order valence-electron chi connectivity index (χ4n) is 2.37. The first-order valence-corrected chi connectivity index (χ1v) is 6.57. The number of rotatable bonds is 2. The summed E-state index contributed by atoms with van der Waals surface area (Å²) in [6.07, 6.45) is 0. The molecule has 0 aromatic heterocycles. The Morgan fingerprint density at radius 2 is 1.86 bits per heavy atom. The van der Waals surface area contributed by atoms with Crippen LogP contribution in [0.3, 0.4) is 0 Å². The molecule has 0 saturated heterocycles. The Balaban J connectivity index is 2.11. The third kappa shape index (κ3) is 2.20. The first kappa shape index (κ1) is 13.4. The van der Waals surface area contributed by atoms with E-state index in [9.17, 15) is 13.6 Å². The van der Waals surface area contributed by atoms with Gasteiger partial charge < -0.3 is 4.90 Å². The summed E-state index contributed by atoms with van der Waals surface area (Å²) in [5.41, 5.74) is 1.95. The van der Waals surface area contributed by atoms with Crippen molar-refractivity contribution in [1.82, 2.24) is 0 Å². The molecule has 1 heterocycles. The Kier molecular flexibility index (Phi) is 3.25. The van der Waals surface area contributed by atoms with Crippen LogP contribution in [-0.2, 0) is 4.79 Å². The van der Waals surface area contributed by atoms with E-state index in [0.717, 1.165) is 17.8 Å². The maximum atomic E-state index is 13.2. The highest BCUT2D eigenvalue weighted by atomic mass is 19.2. The number of carbonyl (C=O) groups excluding carboxylic acids is 1. The van der Waals surface area contributed by atoms with Gasteiger partial charge in [0.1, 0.15) is 5.71 Å². The van der Waals surface area contributed by atoms with Gasteiger partial charge in [0, 0.05) is 18.2 Å². The number of amides is 1. The van der Waals surface area contributed by atoms with E-state index in [-0.39, 0.29) is 17.3 Å². The summed E-state index contributed by atoms with van der Waals surface area (Å²) < 4.78 is 26.2. The van der Waals surface area contributed by atoms with E-state index in [1.54, 1.807) is 11.0 Å². The van der Waals surface area contributed by atoms with Crippen LogP contribution in [0, 0.1) is 11.6 Å². The molecule has 0 saturated carbocycles. The molecule has 2 aromatic carbocycles. The molecule has 1 aliphatic rings. The second-order valence-electron chi connectivity index (χ2n) is 4.63. The lowest BCUT2D eigenvalue weighted by atomic mass is 10.1. The SMILES string of the molecule is CCN1C(=O)C(=Nc2ccc(F)c(F)c2)c2ccccc21. The van der Waals surface area contributed by atoms with Crippen molar-refractivity contribution in [1.29, 1.82) is 0 Å². The molecule has 21 heavy (non-hydrogen) atoms. The van der Waals surface area contributed by atoms with Crippen molar-refractivity contribution in [2.75, 3.05) is 11.4 Å². The van der Waals surface area contributed by atoms with Crippen molar-refractivity contribution in [3.63, 3.8) is 0 Å². The van der Waals surface area contributed by atoms with E-state index in [1.807, 2.05) is 25.1 Å². The molecule has 0 bridgehead atoms. The van der Waals surface area contributed by atoms with Gasteiger partial charge in [0.2, 0.25) is 0 Å². The molecular formula is C16H12F2N2O. The number of anilines is 1. The summed E-state index contributed by atoms with van der Waals surface area (Å²) in [6.45, 7) is 2.39. The number of aliphatic imine (C=N–C) groups is 1. The standard InChI is InChI=1S/C16H12F2N2O/c1-2-20-14-6-4-3-5-11(14)15(16(20)21)19-10-7-8-12(17)13(18)9-10/h3-9H,2H2,1H3. The number of hydrogen-bond acceptors (Lipinski definition) is 2. The van der Waals surface area contributed by atoms with E-state index in [0.29, 0.717) is 12.1 Å². The van der Waals surface area contributed by atoms with Gasteiger partial charge in [-0.2, -0.15) is 0 Å². The van der Waals surface area contributed by atoms with E-state index in [4.69, 9.17) is 0 Å². The van der Waals surface area contributed by atoms with E-state index >= 15 is 0 Å². The van der Waals surface area contributed by atoms with Gasteiger partial charge in [-0.1, -0.05) is 18.2 Å². The molecule has 1 amide bonds. The van der Waals surface area contributed by atoms with E-state index in [1.165, 1.54) is 6.07 Å². The molecule has 1 aliphatic heterocycles. The first-order valence-electron chi connectivity index (χ1n) is 6.57.